The molecule has 0 amide bonds. The van der Waals surface area contributed by atoms with Crippen molar-refractivity contribution in [2.24, 2.45) is 5.92 Å². The molecule has 0 aliphatic carbocycles. The molecule has 32 heavy (non-hydrogen) atoms. The summed E-state index contributed by atoms with van der Waals surface area (Å²) in [6.07, 6.45) is -0.134. The summed E-state index contributed by atoms with van der Waals surface area (Å²) in [5.41, 5.74) is 7.21. The van der Waals surface area contributed by atoms with Crippen molar-refractivity contribution in [1.29, 1.82) is 0 Å². The van der Waals surface area contributed by atoms with Crippen molar-refractivity contribution in [2.75, 3.05) is 29.0 Å². The maximum atomic E-state index is 13.2. The molecule has 168 valence electrons. The summed E-state index contributed by atoms with van der Waals surface area (Å²) in [6, 6.07) is 14.0. The van der Waals surface area contributed by atoms with Gasteiger partial charge in [-0.25, -0.2) is 9.97 Å². The lowest BCUT2D eigenvalue weighted by Gasteiger charge is -2.33. The van der Waals surface area contributed by atoms with Gasteiger partial charge in [0.25, 0.3) is 0 Å². The highest BCUT2D eigenvalue weighted by Gasteiger charge is 2.33. The average molecular weight is 462 g/mol. The van der Waals surface area contributed by atoms with E-state index in [4.69, 9.17) is 17.3 Å². The lowest BCUT2D eigenvalue weighted by atomic mass is 9.90. The summed E-state index contributed by atoms with van der Waals surface area (Å²) < 4.78 is 39.5. The van der Waals surface area contributed by atoms with E-state index in [1.54, 1.807) is 0 Å². The molecule has 1 aromatic heterocycles. The van der Waals surface area contributed by atoms with Crippen molar-refractivity contribution >= 4 is 34.6 Å². The van der Waals surface area contributed by atoms with Gasteiger partial charge in [0.1, 0.15) is 12.0 Å². The molecule has 0 radical (unpaired) electrons. The molecule has 0 saturated carbocycles. The summed E-state index contributed by atoms with van der Waals surface area (Å²) in [5, 5.41) is 2.51. The van der Waals surface area contributed by atoms with Crippen LogP contribution < -0.4 is 16.0 Å². The van der Waals surface area contributed by atoms with E-state index < -0.39 is 11.7 Å². The van der Waals surface area contributed by atoms with Crippen LogP contribution in [0.4, 0.5) is 36.2 Å². The molecule has 3 N–H and O–H groups in total. The number of anilines is 4. The highest BCUT2D eigenvalue weighted by atomic mass is 35.5. The number of alkyl halides is 3. The molecular weight excluding hydrogens is 439 g/mol. The van der Waals surface area contributed by atoms with Crippen LogP contribution in [0.3, 0.4) is 0 Å². The lowest BCUT2D eigenvalue weighted by Crippen LogP contribution is -2.35. The van der Waals surface area contributed by atoms with Crippen molar-refractivity contribution in [3.63, 3.8) is 0 Å². The van der Waals surface area contributed by atoms with Crippen LogP contribution in [0.25, 0.3) is 0 Å². The maximum Gasteiger partial charge on any atom is 0.417 e. The van der Waals surface area contributed by atoms with Crippen molar-refractivity contribution < 1.29 is 13.2 Å². The van der Waals surface area contributed by atoms with Crippen LogP contribution in [0.1, 0.15) is 24.0 Å². The Morgan fingerprint density at radius 2 is 1.78 bits per heavy atom. The molecule has 9 heteroatoms. The quantitative estimate of drug-likeness (QED) is 0.492. The minimum atomic E-state index is -4.55. The van der Waals surface area contributed by atoms with Gasteiger partial charge in [-0.3, -0.25) is 0 Å². The molecule has 1 aliphatic rings. The number of hydrogen-bond donors (Lipinski definition) is 2. The fraction of sp³-hybridized carbons (Fsp3) is 0.304. The summed E-state index contributed by atoms with van der Waals surface area (Å²) in [5.74, 6) is 1.44. The fourth-order valence-electron chi connectivity index (χ4n) is 3.99. The number of nitrogens with one attached hydrogen (secondary N) is 1. The first-order valence-electron chi connectivity index (χ1n) is 10.3. The molecule has 0 unspecified atom stereocenters. The van der Waals surface area contributed by atoms with Crippen LogP contribution in [0, 0.1) is 5.92 Å². The van der Waals surface area contributed by atoms with Gasteiger partial charge in [-0.05, 0) is 48.9 Å². The Balaban J connectivity index is 1.46. The zero-order valence-electron chi connectivity index (χ0n) is 17.2. The molecule has 0 spiro atoms. The fourth-order valence-corrected chi connectivity index (χ4v) is 4.22. The van der Waals surface area contributed by atoms with Gasteiger partial charge in [0.15, 0.2) is 11.6 Å². The van der Waals surface area contributed by atoms with E-state index in [0.29, 0.717) is 17.4 Å². The Bertz CT molecular complexity index is 1070. The molecule has 2 heterocycles. The number of halogens is 4. The second-order valence-corrected chi connectivity index (χ2v) is 8.30. The van der Waals surface area contributed by atoms with E-state index in [1.807, 2.05) is 6.07 Å². The summed E-state index contributed by atoms with van der Waals surface area (Å²) in [6.45, 7) is 1.61. The van der Waals surface area contributed by atoms with Crippen molar-refractivity contribution in [1.82, 2.24) is 9.97 Å². The van der Waals surface area contributed by atoms with Gasteiger partial charge in [0.2, 0.25) is 0 Å². The lowest BCUT2D eigenvalue weighted by molar-refractivity contribution is -0.137. The third kappa shape index (κ3) is 5.07. The third-order valence-corrected chi connectivity index (χ3v) is 6.01. The molecule has 2 aromatic carbocycles. The van der Waals surface area contributed by atoms with Crippen molar-refractivity contribution in [3.8, 4) is 0 Å². The topological polar surface area (TPSA) is 67.1 Å². The summed E-state index contributed by atoms with van der Waals surface area (Å²) in [4.78, 5) is 10.6. The number of nitrogens with two attached hydrogens (primary N) is 1. The monoisotopic (exact) mass is 461 g/mol. The van der Waals surface area contributed by atoms with Crippen LogP contribution in [0.5, 0.6) is 0 Å². The Labute approximate surface area is 189 Å². The minimum Gasteiger partial charge on any atom is -0.393 e. The molecule has 5 nitrogen and oxygen atoms in total. The zero-order valence-corrected chi connectivity index (χ0v) is 18.0. The first-order chi connectivity index (χ1) is 15.3. The van der Waals surface area contributed by atoms with Crippen molar-refractivity contribution in [2.45, 2.75) is 25.4 Å². The summed E-state index contributed by atoms with van der Waals surface area (Å²) >= 11 is 5.70. The van der Waals surface area contributed by atoms with Crippen LogP contribution >= 0.6 is 11.6 Å². The SMILES string of the molecule is Nc1c(Nc2ccc(Cl)c(C(F)(F)F)c2)ncnc1N1CCC(Cc2ccccc2)CC1. The number of nitrogen functional groups attached to an aromatic ring is 1. The number of benzene rings is 2. The Morgan fingerprint density at radius 3 is 2.47 bits per heavy atom. The number of nitrogens with zero attached hydrogens (tertiary/aromatic N) is 3. The van der Waals surface area contributed by atoms with E-state index >= 15 is 0 Å². The van der Waals surface area contributed by atoms with E-state index in [1.165, 1.54) is 24.0 Å². The van der Waals surface area contributed by atoms with Gasteiger partial charge in [0, 0.05) is 18.8 Å². The van der Waals surface area contributed by atoms with Gasteiger partial charge in [-0.1, -0.05) is 41.9 Å². The second kappa shape index (κ2) is 9.24. The maximum absolute atomic E-state index is 13.2. The molecular formula is C23H23ClF3N5. The van der Waals surface area contributed by atoms with Crippen LogP contribution in [-0.4, -0.2) is 23.1 Å². The van der Waals surface area contributed by atoms with Gasteiger partial charge in [-0.15, -0.1) is 0 Å². The predicted molar refractivity (Wildman–Crippen MR) is 121 cm³/mol. The number of rotatable bonds is 5. The molecule has 1 aliphatic heterocycles. The smallest absolute Gasteiger partial charge is 0.393 e. The van der Waals surface area contributed by atoms with Gasteiger partial charge in [-0.2, -0.15) is 13.2 Å². The highest BCUT2D eigenvalue weighted by Crippen LogP contribution is 2.38. The normalized spacial score (nSPS) is 15.1. The molecule has 0 atom stereocenters. The predicted octanol–water partition coefficient (Wildman–Crippen LogP) is 5.93. The third-order valence-electron chi connectivity index (χ3n) is 5.68. The van der Waals surface area contributed by atoms with E-state index in [-0.39, 0.29) is 16.5 Å². The van der Waals surface area contributed by atoms with Crippen LogP contribution in [-0.2, 0) is 12.6 Å². The number of aromatic nitrogens is 2. The summed E-state index contributed by atoms with van der Waals surface area (Å²) in [7, 11) is 0. The van der Waals surface area contributed by atoms with E-state index in [9.17, 15) is 13.2 Å². The first kappa shape index (κ1) is 22.2. The highest BCUT2D eigenvalue weighted by molar-refractivity contribution is 6.31. The van der Waals surface area contributed by atoms with E-state index in [2.05, 4.69) is 44.5 Å². The largest absolute Gasteiger partial charge is 0.417 e. The molecule has 1 fully saturated rings. The number of hydrogen-bond acceptors (Lipinski definition) is 5. The number of piperidine rings is 1. The van der Waals surface area contributed by atoms with Crippen LogP contribution in [0.2, 0.25) is 5.02 Å². The average Bonchev–Trinajstić information content (AvgIpc) is 2.77. The van der Waals surface area contributed by atoms with E-state index in [0.717, 1.165) is 38.4 Å². The Kier molecular flexibility index (Phi) is 6.41. The Hall–Kier alpha value is -3.00. The minimum absolute atomic E-state index is 0.194. The first-order valence-corrected chi connectivity index (χ1v) is 10.7. The molecule has 4 rings (SSSR count). The van der Waals surface area contributed by atoms with Gasteiger partial charge >= 0.3 is 6.18 Å². The van der Waals surface area contributed by atoms with Gasteiger partial charge in [0.05, 0.1) is 10.6 Å². The second-order valence-electron chi connectivity index (χ2n) is 7.90. The van der Waals surface area contributed by atoms with Crippen LogP contribution in [0.15, 0.2) is 54.9 Å². The standard InChI is InChI=1S/C23H23ClF3N5/c24-19-7-6-17(13-18(19)23(25,26)27)31-21-20(28)22(30-14-29-21)32-10-8-16(9-11-32)12-15-4-2-1-3-5-15/h1-7,13-14,16H,8-12,28H2,(H,29,30,31). The van der Waals surface area contributed by atoms with Crippen molar-refractivity contribution in [3.05, 3.63) is 71.0 Å². The molecule has 0 bridgehead atoms. The zero-order chi connectivity index (χ0) is 22.7. The Morgan fingerprint density at radius 1 is 1.06 bits per heavy atom. The molecule has 1 saturated heterocycles. The van der Waals surface area contributed by atoms with Gasteiger partial charge < -0.3 is 16.0 Å². The molecule has 3 aromatic rings.